The first kappa shape index (κ1) is 14.9. The van der Waals surface area contributed by atoms with Crippen LogP contribution in [0, 0.1) is 6.92 Å². The number of para-hydroxylation sites is 1. The van der Waals surface area contributed by atoms with Crippen molar-refractivity contribution in [2.45, 2.75) is 45.1 Å². The van der Waals surface area contributed by atoms with Crippen LogP contribution in [0.25, 0.3) is 10.9 Å². The number of guanidine groups is 1. The summed E-state index contributed by atoms with van der Waals surface area (Å²) in [5.41, 5.74) is 3.89. The molecule has 0 aliphatic heterocycles. The van der Waals surface area contributed by atoms with E-state index >= 15 is 0 Å². The number of nitrogens with zero attached hydrogens (tertiary/aromatic N) is 1. The number of nitrogens with one attached hydrogen (secondary N) is 3. The summed E-state index contributed by atoms with van der Waals surface area (Å²) in [7, 11) is 1.85. The van der Waals surface area contributed by atoms with Gasteiger partial charge in [-0.1, -0.05) is 31.0 Å². The Bertz CT molecular complexity index is 650. The van der Waals surface area contributed by atoms with Gasteiger partial charge in [0.2, 0.25) is 0 Å². The smallest absolute Gasteiger partial charge is 0.191 e. The van der Waals surface area contributed by atoms with Gasteiger partial charge in [-0.3, -0.25) is 4.99 Å². The molecule has 1 saturated carbocycles. The van der Waals surface area contributed by atoms with E-state index in [4.69, 9.17) is 0 Å². The summed E-state index contributed by atoms with van der Waals surface area (Å²) in [6.07, 6.45) is 6.21. The van der Waals surface area contributed by atoms with Gasteiger partial charge in [-0.2, -0.15) is 0 Å². The molecule has 1 heterocycles. The minimum absolute atomic E-state index is 0.598. The molecule has 0 atom stereocenters. The summed E-state index contributed by atoms with van der Waals surface area (Å²) < 4.78 is 0. The van der Waals surface area contributed by atoms with Gasteiger partial charge in [0.25, 0.3) is 0 Å². The van der Waals surface area contributed by atoms with Gasteiger partial charge in [0.05, 0.1) is 0 Å². The molecule has 3 N–H and O–H groups in total. The predicted octanol–water partition coefficient (Wildman–Crippen LogP) is 3.13. The molecular weight excluding hydrogens is 272 g/mol. The zero-order valence-electron chi connectivity index (χ0n) is 13.6. The lowest BCUT2D eigenvalue weighted by atomic mass is 10.1. The molecule has 3 rings (SSSR count). The highest BCUT2D eigenvalue weighted by molar-refractivity contribution is 5.84. The van der Waals surface area contributed by atoms with Crippen molar-refractivity contribution in [3.63, 3.8) is 0 Å². The number of aromatic amines is 1. The summed E-state index contributed by atoms with van der Waals surface area (Å²) >= 11 is 0. The third-order valence-corrected chi connectivity index (χ3v) is 4.61. The molecule has 0 unspecified atom stereocenters. The maximum absolute atomic E-state index is 4.34. The van der Waals surface area contributed by atoms with Crippen molar-refractivity contribution >= 4 is 16.9 Å². The zero-order valence-corrected chi connectivity index (χ0v) is 13.6. The van der Waals surface area contributed by atoms with E-state index in [1.165, 1.54) is 47.8 Å². The third-order valence-electron chi connectivity index (χ3n) is 4.61. The predicted molar refractivity (Wildman–Crippen MR) is 93.5 cm³/mol. The van der Waals surface area contributed by atoms with Crippen LogP contribution in [0.3, 0.4) is 0 Å². The average Bonchev–Trinajstić information content (AvgIpc) is 3.14. The van der Waals surface area contributed by atoms with Gasteiger partial charge in [0.15, 0.2) is 5.96 Å². The van der Waals surface area contributed by atoms with Crippen molar-refractivity contribution in [1.29, 1.82) is 0 Å². The lowest BCUT2D eigenvalue weighted by Crippen LogP contribution is -2.43. The van der Waals surface area contributed by atoms with Gasteiger partial charge in [-0.05, 0) is 37.8 Å². The monoisotopic (exact) mass is 298 g/mol. The summed E-state index contributed by atoms with van der Waals surface area (Å²) in [6.45, 7) is 3.05. The van der Waals surface area contributed by atoms with Gasteiger partial charge in [0.1, 0.15) is 0 Å². The van der Waals surface area contributed by atoms with Gasteiger partial charge >= 0.3 is 0 Å². The second kappa shape index (κ2) is 6.86. The van der Waals surface area contributed by atoms with E-state index in [1.54, 1.807) is 0 Å². The second-order valence-corrected chi connectivity index (χ2v) is 6.15. The molecule has 0 saturated heterocycles. The van der Waals surface area contributed by atoms with Crippen molar-refractivity contribution in [3.05, 3.63) is 35.5 Å². The normalized spacial score (nSPS) is 16.4. The third kappa shape index (κ3) is 3.26. The van der Waals surface area contributed by atoms with E-state index in [0.29, 0.717) is 6.04 Å². The highest BCUT2D eigenvalue weighted by atomic mass is 15.2. The number of hydrogen-bond donors (Lipinski definition) is 3. The Balaban J connectivity index is 1.58. The number of H-pyrrole nitrogens is 1. The van der Waals surface area contributed by atoms with Gasteiger partial charge in [-0.25, -0.2) is 0 Å². The van der Waals surface area contributed by atoms with Gasteiger partial charge in [-0.15, -0.1) is 0 Å². The lowest BCUT2D eigenvalue weighted by molar-refractivity contribution is 0.613. The molecule has 0 spiro atoms. The lowest BCUT2D eigenvalue weighted by Gasteiger charge is -2.16. The summed E-state index contributed by atoms with van der Waals surface area (Å²) in [4.78, 5) is 7.81. The number of hydrogen-bond acceptors (Lipinski definition) is 1. The maximum atomic E-state index is 4.34. The molecule has 0 amide bonds. The van der Waals surface area contributed by atoms with Crippen LogP contribution >= 0.6 is 0 Å². The molecule has 118 valence electrons. The molecule has 1 aromatic carbocycles. The van der Waals surface area contributed by atoms with Crippen LogP contribution in [-0.4, -0.2) is 30.6 Å². The van der Waals surface area contributed by atoms with Gasteiger partial charge < -0.3 is 15.6 Å². The molecule has 22 heavy (non-hydrogen) atoms. The number of aromatic nitrogens is 1. The molecule has 4 nitrogen and oxygen atoms in total. The molecular formula is C18H26N4. The van der Waals surface area contributed by atoms with Crippen LogP contribution in [-0.2, 0) is 6.42 Å². The SMILES string of the molecule is CN=C(NCCc1c(C)[nH]c2ccccc12)NC1CCCC1. The topological polar surface area (TPSA) is 52.2 Å². The van der Waals surface area contributed by atoms with Gasteiger partial charge in [0, 0.05) is 36.2 Å². The van der Waals surface area contributed by atoms with Crippen molar-refractivity contribution < 1.29 is 0 Å². The zero-order chi connectivity index (χ0) is 15.4. The fraction of sp³-hybridized carbons (Fsp3) is 0.500. The van der Waals surface area contributed by atoms with Crippen LogP contribution in [0.4, 0.5) is 0 Å². The van der Waals surface area contributed by atoms with Crippen molar-refractivity contribution in [2.75, 3.05) is 13.6 Å². The van der Waals surface area contributed by atoms with Crippen LogP contribution in [0.1, 0.15) is 36.9 Å². The first-order chi connectivity index (χ1) is 10.8. The van der Waals surface area contributed by atoms with E-state index in [2.05, 4.69) is 51.8 Å². The molecule has 1 aromatic heterocycles. The maximum Gasteiger partial charge on any atom is 0.191 e. The Morgan fingerprint density at radius 1 is 1.27 bits per heavy atom. The molecule has 4 heteroatoms. The Morgan fingerprint density at radius 2 is 2.05 bits per heavy atom. The summed E-state index contributed by atoms with van der Waals surface area (Å²) in [5.74, 6) is 0.935. The summed E-state index contributed by atoms with van der Waals surface area (Å²) in [5, 5.41) is 8.31. The molecule has 1 aliphatic carbocycles. The highest BCUT2D eigenvalue weighted by Gasteiger charge is 2.15. The molecule has 1 aliphatic rings. The first-order valence-corrected chi connectivity index (χ1v) is 8.31. The van der Waals surface area contributed by atoms with E-state index in [9.17, 15) is 0 Å². The van der Waals surface area contributed by atoms with E-state index in [-0.39, 0.29) is 0 Å². The van der Waals surface area contributed by atoms with E-state index in [1.807, 2.05) is 7.05 Å². The number of aliphatic imine (C=N–C) groups is 1. The second-order valence-electron chi connectivity index (χ2n) is 6.15. The highest BCUT2D eigenvalue weighted by Crippen LogP contribution is 2.22. The molecule has 0 bridgehead atoms. The van der Waals surface area contributed by atoms with E-state index in [0.717, 1.165) is 18.9 Å². The first-order valence-electron chi connectivity index (χ1n) is 8.31. The minimum atomic E-state index is 0.598. The van der Waals surface area contributed by atoms with Crippen LogP contribution in [0.5, 0.6) is 0 Å². The van der Waals surface area contributed by atoms with Crippen molar-refractivity contribution in [3.8, 4) is 0 Å². The molecule has 1 fully saturated rings. The Labute approximate surface area is 132 Å². The Kier molecular flexibility index (Phi) is 4.66. The summed E-state index contributed by atoms with van der Waals surface area (Å²) in [6, 6.07) is 9.11. The largest absolute Gasteiger partial charge is 0.358 e. The minimum Gasteiger partial charge on any atom is -0.358 e. The quantitative estimate of drug-likeness (QED) is 0.600. The van der Waals surface area contributed by atoms with Crippen molar-refractivity contribution in [2.24, 2.45) is 4.99 Å². The Morgan fingerprint density at radius 3 is 2.82 bits per heavy atom. The number of benzene rings is 1. The van der Waals surface area contributed by atoms with Crippen LogP contribution in [0.2, 0.25) is 0 Å². The van der Waals surface area contributed by atoms with Crippen LogP contribution < -0.4 is 10.6 Å². The van der Waals surface area contributed by atoms with E-state index < -0.39 is 0 Å². The van der Waals surface area contributed by atoms with Crippen LogP contribution in [0.15, 0.2) is 29.3 Å². The molecule has 2 aromatic rings. The standard InChI is InChI=1S/C18H26N4/c1-13-15(16-9-5-6-10-17(16)21-13)11-12-20-18(19-2)22-14-7-3-4-8-14/h5-6,9-10,14,21H,3-4,7-8,11-12H2,1-2H3,(H2,19,20,22). The molecule has 0 radical (unpaired) electrons. The number of rotatable bonds is 4. The number of fused-ring (bicyclic) bond motifs is 1. The van der Waals surface area contributed by atoms with Crippen molar-refractivity contribution in [1.82, 2.24) is 15.6 Å². The Hall–Kier alpha value is -1.97. The average molecular weight is 298 g/mol. The fourth-order valence-corrected chi connectivity index (χ4v) is 3.42. The fourth-order valence-electron chi connectivity index (χ4n) is 3.42. The number of aryl methyl sites for hydroxylation is 1.